The molecule has 0 aromatic heterocycles. The Labute approximate surface area is 147 Å². The van der Waals surface area contributed by atoms with Gasteiger partial charge in [-0.15, -0.1) is 0 Å². The summed E-state index contributed by atoms with van der Waals surface area (Å²) in [6, 6.07) is 15.6. The second-order valence-corrected chi connectivity index (χ2v) is 8.57. The summed E-state index contributed by atoms with van der Waals surface area (Å²) >= 11 is 6.07. The lowest BCUT2D eigenvalue weighted by Crippen LogP contribution is -2.36. The summed E-state index contributed by atoms with van der Waals surface area (Å²) in [5.41, 5.74) is 6.36. The van der Waals surface area contributed by atoms with Gasteiger partial charge >= 0.3 is 0 Å². The monoisotopic (exact) mass is 365 g/mol. The number of sulfone groups is 1. The molecule has 1 fully saturated rings. The molecule has 0 saturated heterocycles. The predicted molar refractivity (Wildman–Crippen MR) is 95.0 cm³/mol. The van der Waals surface area contributed by atoms with Crippen LogP contribution in [0.2, 0.25) is 5.02 Å². The maximum Gasteiger partial charge on any atom is 0.183 e. The van der Waals surface area contributed by atoms with E-state index < -0.39 is 20.6 Å². The molecule has 0 spiro atoms. The highest BCUT2D eigenvalue weighted by molar-refractivity contribution is 7.92. The van der Waals surface area contributed by atoms with Crippen LogP contribution >= 0.6 is 11.6 Å². The summed E-state index contributed by atoms with van der Waals surface area (Å²) < 4.78 is 31.6. The molecule has 3 atom stereocenters. The average molecular weight is 366 g/mol. The fourth-order valence-corrected chi connectivity index (χ4v) is 5.79. The molecular formula is C18H20ClNO3S. The molecule has 24 heavy (non-hydrogen) atoms. The molecule has 2 N–H and O–H groups in total. The lowest BCUT2D eigenvalue weighted by molar-refractivity contribution is 0.125. The highest BCUT2D eigenvalue weighted by atomic mass is 35.5. The van der Waals surface area contributed by atoms with Gasteiger partial charge in [-0.1, -0.05) is 41.9 Å². The smallest absolute Gasteiger partial charge is 0.183 e. The van der Waals surface area contributed by atoms with Crippen LogP contribution in [0, 0.1) is 0 Å². The zero-order valence-electron chi connectivity index (χ0n) is 13.4. The molecule has 0 radical (unpaired) electrons. The number of benzene rings is 2. The molecule has 1 saturated carbocycles. The average Bonchev–Trinajstić information content (AvgIpc) is 3.21. The second-order valence-electron chi connectivity index (χ2n) is 6.06. The predicted octanol–water partition coefficient (Wildman–Crippen LogP) is 3.01. The largest absolute Gasteiger partial charge is 0.380 e. The fraction of sp³-hybridized carbons (Fsp3) is 0.333. The van der Waals surface area contributed by atoms with E-state index in [1.807, 2.05) is 19.1 Å². The zero-order valence-corrected chi connectivity index (χ0v) is 14.9. The first-order chi connectivity index (χ1) is 11.4. The molecule has 128 valence electrons. The number of rotatable bonds is 6. The van der Waals surface area contributed by atoms with Crippen molar-refractivity contribution in [3.8, 4) is 0 Å². The standard InChI is InChI=1S/C18H20ClNO3S/c1-2-23-12-18(20)16(13-7-6-8-14(19)11-13)17(18)24(21,22)15-9-4-3-5-10-15/h3-11,16-17H,2,12,20H2,1H3/t16-,17+,18-/m1/s1. The van der Waals surface area contributed by atoms with Crippen molar-refractivity contribution in [1.29, 1.82) is 0 Å². The second kappa shape index (κ2) is 6.48. The highest BCUT2D eigenvalue weighted by Crippen LogP contribution is 2.56. The molecule has 0 unspecified atom stereocenters. The third-order valence-corrected chi connectivity index (χ3v) is 7.02. The Balaban J connectivity index is 2.01. The summed E-state index contributed by atoms with van der Waals surface area (Å²) in [6.45, 7) is 2.54. The van der Waals surface area contributed by atoms with Crippen LogP contribution in [-0.4, -0.2) is 32.4 Å². The summed E-state index contributed by atoms with van der Waals surface area (Å²) in [5, 5.41) is -0.161. The van der Waals surface area contributed by atoms with Crippen molar-refractivity contribution in [2.24, 2.45) is 5.73 Å². The van der Waals surface area contributed by atoms with E-state index in [1.54, 1.807) is 42.5 Å². The Morgan fingerprint density at radius 3 is 2.50 bits per heavy atom. The third-order valence-electron chi connectivity index (χ3n) is 4.47. The van der Waals surface area contributed by atoms with Gasteiger partial charge in [0.25, 0.3) is 0 Å². The van der Waals surface area contributed by atoms with Gasteiger partial charge in [0, 0.05) is 17.5 Å². The van der Waals surface area contributed by atoms with E-state index in [1.165, 1.54) is 0 Å². The van der Waals surface area contributed by atoms with Gasteiger partial charge in [0.15, 0.2) is 9.84 Å². The van der Waals surface area contributed by atoms with Gasteiger partial charge in [0.05, 0.1) is 22.3 Å². The third kappa shape index (κ3) is 2.97. The van der Waals surface area contributed by atoms with Crippen LogP contribution in [0.15, 0.2) is 59.5 Å². The van der Waals surface area contributed by atoms with Gasteiger partial charge < -0.3 is 10.5 Å². The Kier molecular flexibility index (Phi) is 4.71. The number of halogens is 1. The summed E-state index contributed by atoms with van der Waals surface area (Å²) in [5.74, 6) is -0.340. The Morgan fingerprint density at radius 2 is 1.88 bits per heavy atom. The highest BCUT2D eigenvalue weighted by Gasteiger charge is 2.69. The molecule has 0 amide bonds. The normalized spacial score (nSPS) is 26.3. The molecular weight excluding hydrogens is 346 g/mol. The Hall–Kier alpha value is -1.40. The van der Waals surface area contributed by atoms with Crippen LogP contribution in [-0.2, 0) is 14.6 Å². The van der Waals surface area contributed by atoms with E-state index >= 15 is 0 Å². The van der Waals surface area contributed by atoms with Crippen LogP contribution in [0.1, 0.15) is 18.4 Å². The first-order valence-electron chi connectivity index (χ1n) is 7.82. The Morgan fingerprint density at radius 1 is 1.17 bits per heavy atom. The zero-order chi connectivity index (χ0) is 17.4. The maximum atomic E-state index is 13.1. The van der Waals surface area contributed by atoms with Crippen LogP contribution in [0.3, 0.4) is 0 Å². The summed E-state index contributed by atoms with van der Waals surface area (Å²) in [4.78, 5) is 0.283. The van der Waals surface area contributed by atoms with Gasteiger partial charge in [-0.2, -0.15) is 0 Å². The first kappa shape index (κ1) is 17.4. The minimum Gasteiger partial charge on any atom is -0.380 e. The van der Waals surface area contributed by atoms with Gasteiger partial charge in [-0.05, 0) is 36.8 Å². The van der Waals surface area contributed by atoms with Crippen molar-refractivity contribution in [2.45, 2.75) is 28.5 Å². The van der Waals surface area contributed by atoms with E-state index in [9.17, 15) is 8.42 Å². The van der Waals surface area contributed by atoms with Gasteiger partial charge in [0.1, 0.15) is 0 Å². The number of ether oxygens (including phenoxy) is 1. The van der Waals surface area contributed by atoms with Crippen LogP contribution in [0.4, 0.5) is 0 Å². The van der Waals surface area contributed by atoms with Crippen LogP contribution in [0.5, 0.6) is 0 Å². The van der Waals surface area contributed by atoms with Crippen molar-refractivity contribution in [3.05, 3.63) is 65.2 Å². The maximum absolute atomic E-state index is 13.1. The van der Waals surface area contributed by atoms with Gasteiger partial charge in [-0.3, -0.25) is 0 Å². The van der Waals surface area contributed by atoms with E-state index in [2.05, 4.69) is 0 Å². The van der Waals surface area contributed by atoms with Crippen molar-refractivity contribution in [1.82, 2.24) is 0 Å². The van der Waals surface area contributed by atoms with E-state index in [0.717, 1.165) is 5.56 Å². The molecule has 3 rings (SSSR count). The van der Waals surface area contributed by atoms with E-state index in [-0.39, 0.29) is 17.4 Å². The van der Waals surface area contributed by atoms with Crippen molar-refractivity contribution in [2.75, 3.05) is 13.2 Å². The molecule has 0 heterocycles. The molecule has 0 aliphatic heterocycles. The van der Waals surface area contributed by atoms with Crippen molar-refractivity contribution >= 4 is 21.4 Å². The quantitative estimate of drug-likeness (QED) is 0.854. The molecule has 4 nitrogen and oxygen atoms in total. The van der Waals surface area contributed by atoms with Gasteiger partial charge in [0.2, 0.25) is 0 Å². The molecule has 1 aliphatic carbocycles. The summed E-state index contributed by atoms with van der Waals surface area (Å²) in [6.07, 6.45) is 0. The lowest BCUT2D eigenvalue weighted by Gasteiger charge is -2.12. The molecule has 2 aromatic rings. The SMILES string of the molecule is CCOC[C@@]1(N)[C@H](c2cccc(Cl)c2)[C@@H]1S(=O)(=O)c1ccccc1. The molecule has 1 aliphatic rings. The van der Waals surface area contributed by atoms with Gasteiger partial charge in [-0.25, -0.2) is 8.42 Å². The van der Waals surface area contributed by atoms with E-state index in [4.69, 9.17) is 22.1 Å². The lowest BCUT2D eigenvalue weighted by atomic mass is 10.1. The summed E-state index contributed by atoms with van der Waals surface area (Å²) in [7, 11) is -3.56. The minimum atomic E-state index is -3.56. The minimum absolute atomic E-state index is 0.192. The fourth-order valence-electron chi connectivity index (χ4n) is 3.28. The molecule has 6 heteroatoms. The molecule has 2 aromatic carbocycles. The number of nitrogens with two attached hydrogens (primary N) is 1. The first-order valence-corrected chi connectivity index (χ1v) is 9.74. The number of hydrogen-bond acceptors (Lipinski definition) is 4. The Bertz CT molecular complexity index is 825. The van der Waals surface area contributed by atoms with Crippen LogP contribution in [0.25, 0.3) is 0 Å². The van der Waals surface area contributed by atoms with Crippen LogP contribution < -0.4 is 5.73 Å². The van der Waals surface area contributed by atoms with Crippen molar-refractivity contribution in [3.63, 3.8) is 0 Å². The number of hydrogen-bond donors (Lipinski definition) is 1. The topological polar surface area (TPSA) is 69.4 Å². The van der Waals surface area contributed by atoms with Crippen molar-refractivity contribution < 1.29 is 13.2 Å². The molecule has 0 bridgehead atoms. The van der Waals surface area contributed by atoms with E-state index in [0.29, 0.717) is 11.6 Å².